The van der Waals surface area contributed by atoms with Crippen molar-refractivity contribution in [2.75, 3.05) is 0 Å². The van der Waals surface area contributed by atoms with E-state index < -0.39 is 0 Å². The average Bonchev–Trinajstić information content (AvgIpc) is 2.31. The second-order valence-corrected chi connectivity index (χ2v) is 4.78. The summed E-state index contributed by atoms with van der Waals surface area (Å²) >= 11 is 11.0. The zero-order chi connectivity index (χ0) is 13.1. The largest absolute Gasteiger partial charge is 0.456 e. The summed E-state index contributed by atoms with van der Waals surface area (Å²) in [5, 5.41) is 0.488. The molecule has 2 N–H and O–H groups in total. The maximum Gasteiger partial charge on any atom is 0.146 e. The number of hydrogen-bond acceptors (Lipinski definition) is 2. The van der Waals surface area contributed by atoms with E-state index >= 15 is 0 Å². The smallest absolute Gasteiger partial charge is 0.146 e. The van der Waals surface area contributed by atoms with Gasteiger partial charge in [0.2, 0.25) is 0 Å². The van der Waals surface area contributed by atoms with Gasteiger partial charge < -0.3 is 10.5 Å². The Kier molecular flexibility index (Phi) is 3.84. The van der Waals surface area contributed by atoms with Gasteiger partial charge in [-0.1, -0.05) is 36.0 Å². The van der Waals surface area contributed by atoms with Crippen LogP contribution in [0.25, 0.3) is 0 Å². The molecule has 2 rings (SSSR count). The predicted molar refractivity (Wildman–Crippen MR) is 78.6 cm³/mol. The summed E-state index contributed by atoms with van der Waals surface area (Å²) in [5.41, 5.74) is 7.39. The van der Waals surface area contributed by atoms with Crippen LogP contribution in [0.4, 0.5) is 0 Å². The molecule has 0 aliphatic carbocycles. The van der Waals surface area contributed by atoms with Crippen LogP contribution in [0, 0.1) is 6.92 Å². The Morgan fingerprint density at radius 2 is 2.00 bits per heavy atom. The highest BCUT2D eigenvalue weighted by Gasteiger charge is 2.06. The molecule has 0 bridgehead atoms. The first-order valence-electron chi connectivity index (χ1n) is 5.40. The molecule has 0 spiro atoms. The van der Waals surface area contributed by atoms with E-state index in [0.717, 1.165) is 16.9 Å². The predicted octanol–water partition coefficient (Wildman–Crippen LogP) is 4.07. The number of hydrogen-bond donors (Lipinski definition) is 1. The van der Waals surface area contributed by atoms with Crippen molar-refractivity contribution in [2.45, 2.75) is 6.92 Å². The Balaban J connectivity index is 2.27. The van der Waals surface area contributed by atoms with Gasteiger partial charge in [-0.2, -0.15) is 0 Å². The minimum atomic E-state index is 0.319. The van der Waals surface area contributed by atoms with Gasteiger partial charge in [0.1, 0.15) is 16.5 Å². The molecule has 2 aromatic carbocycles. The first kappa shape index (κ1) is 12.9. The average molecular weight is 278 g/mol. The lowest BCUT2D eigenvalue weighted by atomic mass is 10.2. The number of nitrogens with two attached hydrogens (primary N) is 1. The molecule has 0 unspecified atom stereocenters. The third kappa shape index (κ3) is 3.00. The summed E-state index contributed by atoms with van der Waals surface area (Å²) in [7, 11) is 0. The Labute approximate surface area is 116 Å². The molecule has 4 heteroatoms. The lowest BCUT2D eigenvalue weighted by Crippen LogP contribution is -2.08. The number of thiocarbonyl (C=S) groups is 1. The molecular formula is C14H12ClNOS. The second-order valence-electron chi connectivity index (χ2n) is 3.93. The normalized spacial score (nSPS) is 10.1. The molecule has 0 aliphatic heterocycles. The maximum atomic E-state index is 6.12. The van der Waals surface area contributed by atoms with Gasteiger partial charge >= 0.3 is 0 Å². The lowest BCUT2D eigenvalue weighted by Gasteiger charge is -2.09. The molecule has 0 amide bonds. The van der Waals surface area contributed by atoms with Crippen LogP contribution in [0.3, 0.4) is 0 Å². The van der Waals surface area contributed by atoms with E-state index in [0.29, 0.717) is 15.8 Å². The number of benzene rings is 2. The van der Waals surface area contributed by atoms with Crippen LogP contribution in [-0.2, 0) is 0 Å². The van der Waals surface area contributed by atoms with Crippen LogP contribution in [0.1, 0.15) is 11.1 Å². The van der Waals surface area contributed by atoms with Gasteiger partial charge in [-0.25, -0.2) is 0 Å². The summed E-state index contributed by atoms with van der Waals surface area (Å²) in [6, 6.07) is 13.0. The van der Waals surface area contributed by atoms with Crippen LogP contribution in [-0.4, -0.2) is 4.99 Å². The Morgan fingerprint density at radius 1 is 1.22 bits per heavy atom. The SMILES string of the molecule is Cc1cccc(Oc2ccc(C(N)=S)cc2Cl)c1. The molecule has 2 nitrogen and oxygen atoms in total. The Hall–Kier alpha value is -1.58. The highest BCUT2D eigenvalue weighted by atomic mass is 35.5. The maximum absolute atomic E-state index is 6.12. The van der Waals surface area contributed by atoms with E-state index in [4.69, 9.17) is 34.3 Å². The third-order valence-corrected chi connectivity index (χ3v) is 2.96. The monoisotopic (exact) mass is 277 g/mol. The first-order chi connectivity index (χ1) is 8.56. The molecule has 2 aromatic rings. The fraction of sp³-hybridized carbons (Fsp3) is 0.0714. The molecule has 0 saturated heterocycles. The van der Waals surface area contributed by atoms with Crippen LogP contribution >= 0.6 is 23.8 Å². The van der Waals surface area contributed by atoms with Crippen molar-refractivity contribution >= 4 is 28.8 Å². The van der Waals surface area contributed by atoms with Gasteiger partial charge in [-0.3, -0.25) is 0 Å². The topological polar surface area (TPSA) is 35.2 Å². The molecule has 0 radical (unpaired) electrons. The van der Waals surface area contributed by atoms with Gasteiger partial charge in [0.05, 0.1) is 5.02 Å². The molecule has 0 atom stereocenters. The lowest BCUT2D eigenvalue weighted by molar-refractivity contribution is 0.482. The molecule has 0 aromatic heterocycles. The minimum Gasteiger partial charge on any atom is -0.456 e. The van der Waals surface area contributed by atoms with E-state index in [1.165, 1.54) is 0 Å². The molecule has 0 heterocycles. The van der Waals surface area contributed by atoms with E-state index in [1.54, 1.807) is 18.2 Å². The van der Waals surface area contributed by atoms with E-state index in [1.807, 2.05) is 31.2 Å². The zero-order valence-electron chi connectivity index (χ0n) is 9.81. The van der Waals surface area contributed by atoms with Crippen molar-refractivity contribution in [3.05, 3.63) is 58.6 Å². The molecule has 0 fully saturated rings. The molecule has 0 aliphatic rings. The second kappa shape index (κ2) is 5.38. The minimum absolute atomic E-state index is 0.319. The van der Waals surface area contributed by atoms with Crippen LogP contribution in [0.15, 0.2) is 42.5 Å². The summed E-state index contributed by atoms with van der Waals surface area (Å²) in [5.74, 6) is 1.34. The van der Waals surface area contributed by atoms with Gasteiger partial charge in [0.15, 0.2) is 0 Å². The zero-order valence-corrected chi connectivity index (χ0v) is 11.4. The summed E-state index contributed by atoms with van der Waals surface area (Å²) in [4.78, 5) is 0.319. The number of halogens is 1. The summed E-state index contributed by atoms with van der Waals surface area (Å²) < 4.78 is 5.71. The van der Waals surface area contributed by atoms with Gasteiger partial charge in [-0.05, 0) is 42.8 Å². The van der Waals surface area contributed by atoms with Gasteiger partial charge in [0, 0.05) is 5.56 Å². The van der Waals surface area contributed by atoms with E-state index in [2.05, 4.69) is 0 Å². The van der Waals surface area contributed by atoms with Crippen LogP contribution in [0.5, 0.6) is 11.5 Å². The number of aryl methyl sites for hydroxylation is 1. The van der Waals surface area contributed by atoms with Crippen molar-refractivity contribution in [2.24, 2.45) is 5.73 Å². The highest BCUT2D eigenvalue weighted by molar-refractivity contribution is 7.80. The van der Waals surface area contributed by atoms with Crippen molar-refractivity contribution < 1.29 is 4.74 Å². The van der Waals surface area contributed by atoms with Gasteiger partial charge in [-0.15, -0.1) is 0 Å². The number of ether oxygens (including phenoxy) is 1. The van der Waals surface area contributed by atoms with Crippen molar-refractivity contribution in [3.8, 4) is 11.5 Å². The van der Waals surface area contributed by atoms with Crippen LogP contribution in [0.2, 0.25) is 5.02 Å². The third-order valence-electron chi connectivity index (χ3n) is 2.43. The van der Waals surface area contributed by atoms with E-state index in [9.17, 15) is 0 Å². The summed E-state index contributed by atoms with van der Waals surface area (Å²) in [6.07, 6.45) is 0. The Bertz CT molecular complexity index is 598. The fourth-order valence-electron chi connectivity index (χ4n) is 1.54. The first-order valence-corrected chi connectivity index (χ1v) is 6.19. The molecule has 0 saturated carbocycles. The molecule has 92 valence electrons. The molecular weight excluding hydrogens is 266 g/mol. The van der Waals surface area contributed by atoms with Gasteiger partial charge in [0.25, 0.3) is 0 Å². The standard InChI is InChI=1S/C14H12ClNOS/c1-9-3-2-4-11(7-9)17-13-6-5-10(14(16)18)8-12(13)15/h2-8H,1H3,(H2,16,18). The fourth-order valence-corrected chi connectivity index (χ4v) is 1.89. The summed E-state index contributed by atoms with van der Waals surface area (Å²) in [6.45, 7) is 2.00. The quantitative estimate of drug-likeness (QED) is 0.859. The van der Waals surface area contributed by atoms with Crippen molar-refractivity contribution in [3.63, 3.8) is 0 Å². The van der Waals surface area contributed by atoms with Crippen molar-refractivity contribution in [1.29, 1.82) is 0 Å². The van der Waals surface area contributed by atoms with Crippen molar-refractivity contribution in [1.82, 2.24) is 0 Å². The Morgan fingerprint density at radius 3 is 2.61 bits per heavy atom. The van der Waals surface area contributed by atoms with E-state index in [-0.39, 0.29) is 0 Å². The molecule has 18 heavy (non-hydrogen) atoms. The number of rotatable bonds is 3. The van der Waals surface area contributed by atoms with Crippen LogP contribution < -0.4 is 10.5 Å². The highest BCUT2D eigenvalue weighted by Crippen LogP contribution is 2.30.